The number of para-hydroxylation sites is 4. The predicted octanol–water partition coefficient (Wildman–Crippen LogP) is 36.8. The van der Waals surface area contributed by atoms with Crippen LogP contribution in [0.2, 0.25) is 0 Å². The first kappa shape index (κ1) is 80.1. The molecule has 24 aromatic carbocycles. The lowest BCUT2D eigenvalue weighted by molar-refractivity contribution is 1.19. The second-order valence-electron chi connectivity index (χ2n) is 35.2. The van der Waals surface area contributed by atoms with Crippen LogP contribution in [0.25, 0.3) is 209 Å². The SMILES string of the molecule is c1ccc(-c2ccc(-c3ccc(N(c4ccccc4)c4ccc(-c5cc6c7ccccc7c7c(c8ccccc8n7-c7ccc(-c8ccccc8)cc7)c6c6ccccc56)cc4)cc3)cc2)cc1.c1ccc(-c2ccc(N(c3ccc(-c4cc5c6ccccc6c6c(c7ccccc7n6-c6ccc(-c7ccccc7)cc6)c5c5ccccc45)cc3)c3ccccc3-c3ccccc3)cc2)cc1. The molecular formula is C132H88N4. The fraction of sp³-hybridized carbons (Fsp3) is 0. The first-order valence-electron chi connectivity index (χ1n) is 46.8. The predicted molar refractivity (Wildman–Crippen MR) is 579 cm³/mol. The fourth-order valence-electron chi connectivity index (χ4n) is 21.2. The molecule has 0 fully saturated rings. The van der Waals surface area contributed by atoms with Gasteiger partial charge in [0, 0.05) is 88.5 Å². The average Bonchev–Trinajstić information content (AvgIpc) is 1.52. The summed E-state index contributed by atoms with van der Waals surface area (Å²) in [7, 11) is 0. The van der Waals surface area contributed by atoms with E-state index in [1.807, 2.05) is 0 Å². The second-order valence-corrected chi connectivity index (χ2v) is 35.2. The van der Waals surface area contributed by atoms with E-state index >= 15 is 0 Å². The molecule has 26 aromatic rings. The minimum absolute atomic E-state index is 1.09. The molecule has 0 aliphatic heterocycles. The van der Waals surface area contributed by atoms with Crippen molar-refractivity contribution in [3.63, 3.8) is 0 Å². The van der Waals surface area contributed by atoms with Crippen LogP contribution >= 0.6 is 0 Å². The zero-order valence-electron chi connectivity index (χ0n) is 74.6. The first-order chi connectivity index (χ1) is 67.5. The minimum atomic E-state index is 1.09. The van der Waals surface area contributed by atoms with E-state index in [1.165, 1.54) is 197 Å². The molecule has 4 nitrogen and oxygen atoms in total. The molecule has 2 heterocycles. The Morgan fingerprint density at radius 1 is 0.132 bits per heavy atom. The normalized spacial score (nSPS) is 11.5. The van der Waals surface area contributed by atoms with Crippen molar-refractivity contribution in [2.75, 3.05) is 9.80 Å². The van der Waals surface area contributed by atoms with Crippen molar-refractivity contribution in [3.8, 4) is 100 Å². The lowest BCUT2D eigenvalue weighted by Crippen LogP contribution is -2.11. The minimum Gasteiger partial charge on any atom is -0.311 e. The Kier molecular flexibility index (Phi) is 20.3. The van der Waals surface area contributed by atoms with Crippen LogP contribution in [-0.2, 0) is 0 Å². The Balaban J connectivity index is 0.000000145. The highest BCUT2D eigenvalue weighted by Crippen LogP contribution is 2.52. The Hall–Kier alpha value is -18.0. The second kappa shape index (κ2) is 34.4. The molecule has 0 amide bonds. The molecule has 2 aromatic heterocycles. The molecule has 26 rings (SSSR count). The van der Waals surface area contributed by atoms with Gasteiger partial charge in [-0.15, -0.1) is 0 Å². The van der Waals surface area contributed by atoms with E-state index in [1.54, 1.807) is 0 Å². The highest BCUT2D eigenvalue weighted by atomic mass is 15.1. The Morgan fingerprint density at radius 3 is 0.728 bits per heavy atom. The highest BCUT2D eigenvalue weighted by molar-refractivity contribution is 6.40. The van der Waals surface area contributed by atoms with Crippen LogP contribution in [0.15, 0.2) is 534 Å². The van der Waals surface area contributed by atoms with Gasteiger partial charge in [0.25, 0.3) is 0 Å². The molecule has 0 bridgehead atoms. The van der Waals surface area contributed by atoms with E-state index in [0.29, 0.717) is 0 Å². The Labute approximate surface area is 789 Å². The molecule has 0 saturated carbocycles. The van der Waals surface area contributed by atoms with E-state index in [-0.39, 0.29) is 0 Å². The standard InChI is InChI=1S/2C66H44N2/c1-4-18-45(19-5-1)47-32-38-51(39-33-47)67(62-30-16-14-24-54(62)49-22-8-3-9-23-49)52-42-36-50(37-43-52)60-44-61-56-26-11-13-28-58(56)66-65(64(61)57-27-12-10-25-55(57)60)59-29-15-17-31-63(59)68(66)53-40-34-48(35-41-53)46-20-6-2-7-21-46;1-4-16-45(17-5-1)47-28-30-48(31-29-47)50-32-38-53(39-33-50)67(52-20-8-3-9-21-52)54-42-36-51(37-43-54)61-44-62-57-23-11-13-25-59(57)66-65(64(62)58-24-12-10-22-56(58)61)60-26-14-15-27-63(60)68(66)55-40-34-49(35-41-55)46-18-6-2-7-19-46/h2*1-44H. The molecule has 0 unspecified atom stereocenters. The van der Waals surface area contributed by atoms with Crippen molar-refractivity contribution < 1.29 is 0 Å². The largest absolute Gasteiger partial charge is 0.311 e. The van der Waals surface area contributed by atoms with Gasteiger partial charge in [0.05, 0.1) is 27.8 Å². The van der Waals surface area contributed by atoms with Gasteiger partial charge in [-0.05, 0) is 242 Å². The van der Waals surface area contributed by atoms with E-state index < -0.39 is 0 Å². The van der Waals surface area contributed by atoms with Gasteiger partial charge in [0.2, 0.25) is 0 Å². The number of hydrogen-bond donors (Lipinski definition) is 0. The summed E-state index contributed by atoms with van der Waals surface area (Å²) in [6.45, 7) is 0. The first-order valence-corrected chi connectivity index (χ1v) is 46.8. The highest BCUT2D eigenvalue weighted by Gasteiger charge is 2.27. The number of fused-ring (bicyclic) bond motifs is 20. The quantitative estimate of drug-likeness (QED) is 0.0897. The van der Waals surface area contributed by atoms with Gasteiger partial charge in [0.1, 0.15) is 0 Å². The molecule has 636 valence electrons. The molecular weight excluding hydrogens is 1640 g/mol. The summed E-state index contributed by atoms with van der Waals surface area (Å²) in [6, 6.07) is 195. The van der Waals surface area contributed by atoms with Gasteiger partial charge >= 0.3 is 0 Å². The van der Waals surface area contributed by atoms with Crippen LogP contribution < -0.4 is 9.80 Å². The van der Waals surface area contributed by atoms with Gasteiger partial charge < -0.3 is 18.9 Å². The maximum Gasteiger partial charge on any atom is 0.0626 e. The van der Waals surface area contributed by atoms with Gasteiger partial charge in [0.15, 0.2) is 0 Å². The van der Waals surface area contributed by atoms with E-state index in [4.69, 9.17) is 0 Å². The smallest absolute Gasteiger partial charge is 0.0626 e. The van der Waals surface area contributed by atoms with Crippen molar-refractivity contribution in [2.24, 2.45) is 0 Å². The number of rotatable bonds is 16. The van der Waals surface area contributed by atoms with Crippen LogP contribution in [0.1, 0.15) is 0 Å². The molecule has 0 aliphatic carbocycles. The van der Waals surface area contributed by atoms with Crippen LogP contribution in [0.4, 0.5) is 34.1 Å². The maximum absolute atomic E-state index is 2.49. The third-order valence-electron chi connectivity index (χ3n) is 27.5. The van der Waals surface area contributed by atoms with Gasteiger partial charge in [-0.1, -0.05) is 419 Å². The van der Waals surface area contributed by atoms with Crippen molar-refractivity contribution in [1.29, 1.82) is 0 Å². The van der Waals surface area contributed by atoms with E-state index in [0.717, 1.165) is 45.5 Å². The summed E-state index contributed by atoms with van der Waals surface area (Å²) in [5, 5.41) is 20.1. The summed E-state index contributed by atoms with van der Waals surface area (Å²) in [5.41, 5.74) is 33.0. The summed E-state index contributed by atoms with van der Waals surface area (Å²) < 4.78 is 4.97. The third-order valence-corrected chi connectivity index (χ3v) is 27.5. The third kappa shape index (κ3) is 14.2. The Morgan fingerprint density at radius 2 is 0.368 bits per heavy atom. The zero-order valence-corrected chi connectivity index (χ0v) is 74.6. The van der Waals surface area contributed by atoms with Gasteiger partial charge in [-0.2, -0.15) is 0 Å². The van der Waals surface area contributed by atoms with Crippen molar-refractivity contribution >= 4 is 142 Å². The molecule has 0 radical (unpaired) electrons. The average molecular weight is 1730 g/mol. The molecule has 0 atom stereocenters. The Bertz CT molecular complexity index is 8970. The maximum atomic E-state index is 2.49. The molecule has 0 N–H and O–H groups in total. The molecule has 0 spiro atoms. The zero-order chi connectivity index (χ0) is 89.9. The monoisotopic (exact) mass is 1730 g/mol. The summed E-state index contributed by atoms with van der Waals surface area (Å²) in [4.78, 5) is 4.74. The van der Waals surface area contributed by atoms with Crippen LogP contribution in [-0.4, -0.2) is 9.13 Å². The fourth-order valence-corrected chi connectivity index (χ4v) is 21.2. The van der Waals surface area contributed by atoms with E-state index in [2.05, 4.69) is 553 Å². The number of anilines is 6. The van der Waals surface area contributed by atoms with Crippen LogP contribution in [0.5, 0.6) is 0 Å². The molecule has 0 aliphatic rings. The van der Waals surface area contributed by atoms with Crippen molar-refractivity contribution in [2.45, 2.75) is 0 Å². The molecule has 0 saturated heterocycles. The topological polar surface area (TPSA) is 16.3 Å². The van der Waals surface area contributed by atoms with E-state index in [9.17, 15) is 0 Å². The summed E-state index contributed by atoms with van der Waals surface area (Å²) >= 11 is 0. The van der Waals surface area contributed by atoms with Gasteiger partial charge in [-0.25, -0.2) is 0 Å². The molecule has 136 heavy (non-hydrogen) atoms. The summed E-state index contributed by atoms with van der Waals surface area (Å²) in [5.74, 6) is 0. The lowest BCUT2D eigenvalue weighted by Gasteiger charge is -2.28. The van der Waals surface area contributed by atoms with Crippen molar-refractivity contribution in [3.05, 3.63) is 534 Å². The van der Waals surface area contributed by atoms with Crippen LogP contribution in [0, 0.1) is 0 Å². The number of hydrogen-bond acceptors (Lipinski definition) is 2. The van der Waals surface area contributed by atoms with Crippen LogP contribution in [0.3, 0.4) is 0 Å². The van der Waals surface area contributed by atoms with Crippen molar-refractivity contribution in [1.82, 2.24) is 9.13 Å². The number of nitrogens with zero attached hydrogens (tertiary/aromatic N) is 4. The molecule has 4 heteroatoms. The lowest BCUT2D eigenvalue weighted by atomic mass is 9.88. The number of aromatic nitrogens is 2. The summed E-state index contributed by atoms with van der Waals surface area (Å²) in [6.07, 6.45) is 0. The van der Waals surface area contributed by atoms with Gasteiger partial charge in [-0.3, -0.25) is 0 Å². The number of benzene rings is 24.